The first kappa shape index (κ1) is 18.4. The molecule has 1 N–H and O–H groups in total. The van der Waals surface area contributed by atoms with E-state index in [1.165, 1.54) is 0 Å². The summed E-state index contributed by atoms with van der Waals surface area (Å²) in [6.45, 7) is 2.40. The highest BCUT2D eigenvalue weighted by Crippen LogP contribution is 2.23. The maximum atomic E-state index is 13.1. The summed E-state index contributed by atoms with van der Waals surface area (Å²) in [5.74, 6) is 0.210. The Morgan fingerprint density at radius 1 is 1.23 bits per heavy atom. The van der Waals surface area contributed by atoms with Crippen LogP contribution >= 0.6 is 0 Å². The monoisotopic (exact) mass is 355 g/mol. The van der Waals surface area contributed by atoms with E-state index in [1.54, 1.807) is 19.2 Å². The van der Waals surface area contributed by atoms with E-state index in [2.05, 4.69) is 0 Å². The van der Waals surface area contributed by atoms with Crippen molar-refractivity contribution < 1.29 is 19.4 Å². The summed E-state index contributed by atoms with van der Waals surface area (Å²) in [4.78, 5) is 14.9. The predicted molar refractivity (Wildman–Crippen MR) is 100 cm³/mol. The zero-order chi connectivity index (χ0) is 18.4. The van der Waals surface area contributed by atoms with E-state index in [4.69, 9.17) is 9.47 Å². The maximum absolute atomic E-state index is 13.1. The number of carbonyl (C=O) groups excluding carboxylic acids is 1. The summed E-state index contributed by atoms with van der Waals surface area (Å²) in [6, 6.07) is 14.5. The number of phenolic OH excluding ortho intramolecular Hbond substituents is 1. The molecular formula is C21H25NO4. The van der Waals surface area contributed by atoms with Crippen LogP contribution in [0.1, 0.15) is 23.2 Å². The zero-order valence-electron chi connectivity index (χ0n) is 15.1. The first-order chi connectivity index (χ1) is 12.7. The van der Waals surface area contributed by atoms with E-state index in [9.17, 15) is 9.90 Å². The van der Waals surface area contributed by atoms with Crippen molar-refractivity contribution in [3.8, 4) is 16.9 Å². The lowest BCUT2D eigenvalue weighted by atomic mass is 10.0. The summed E-state index contributed by atoms with van der Waals surface area (Å²) < 4.78 is 10.9. The van der Waals surface area contributed by atoms with Crippen molar-refractivity contribution in [3.63, 3.8) is 0 Å². The van der Waals surface area contributed by atoms with Crippen LogP contribution in [0.5, 0.6) is 5.75 Å². The normalized spacial score (nSPS) is 16.6. The van der Waals surface area contributed by atoms with Gasteiger partial charge in [0.25, 0.3) is 5.91 Å². The second kappa shape index (κ2) is 8.83. The fourth-order valence-electron chi connectivity index (χ4n) is 3.18. The highest BCUT2D eigenvalue weighted by atomic mass is 16.5. The number of ether oxygens (including phenoxy) is 2. The number of hydrogen-bond donors (Lipinski definition) is 1. The number of phenols is 1. The Morgan fingerprint density at radius 2 is 2.04 bits per heavy atom. The Labute approximate surface area is 154 Å². The number of aromatic hydroxyl groups is 1. The molecule has 0 bridgehead atoms. The molecule has 1 unspecified atom stereocenters. The van der Waals surface area contributed by atoms with Gasteiger partial charge in [0, 0.05) is 32.4 Å². The molecule has 1 aliphatic heterocycles. The van der Waals surface area contributed by atoms with E-state index < -0.39 is 0 Å². The molecule has 2 aromatic rings. The number of benzene rings is 2. The predicted octanol–water partition coefficient (Wildman–Crippen LogP) is 3.33. The number of amides is 1. The SMILES string of the molecule is COCCN(CC1CCCO1)C(=O)c1cccc(-c2ccc(O)cc2)c1. The molecular weight excluding hydrogens is 330 g/mol. The number of methoxy groups -OCH3 is 1. The van der Waals surface area contributed by atoms with Crippen molar-refractivity contribution >= 4 is 5.91 Å². The first-order valence-electron chi connectivity index (χ1n) is 8.96. The fourth-order valence-corrected chi connectivity index (χ4v) is 3.18. The van der Waals surface area contributed by atoms with Gasteiger partial charge < -0.3 is 19.5 Å². The van der Waals surface area contributed by atoms with Gasteiger partial charge in [0.15, 0.2) is 0 Å². The third-order valence-electron chi connectivity index (χ3n) is 4.61. The largest absolute Gasteiger partial charge is 0.508 e. The molecule has 5 nitrogen and oxygen atoms in total. The number of rotatable bonds is 7. The standard InChI is InChI=1S/C21H25NO4/c1-25-13-11-22(15-20-6-3-12-26-20)21(24)18-5-2-4-17(14-18)16-7-9-19(23)10-8-16/h2,4-5,7-10,14,20,23H,3,6,11-13,15H2,1H3. The van der Waals surface area contributed by atoms with Gasteiger partial charge >= 0.3 is 0 Å². The van der Waals surface area contributed by atoms with Gasteiger partial charge in [-0.15, -0.1) is 0 Å². The minimum atomic E-state index is -0.0156. The molecule has 0 radical (unpaired) electrons. The molecule has 26 heavy (non-hydrogen) atoms. The second-order valence-electron chi connectivity index (χ2n) is 6.51. The minimum absolute atomic E-state index is 0.0156. The van der Waals surface area contributed by atoms with Crippen LogP contribution in [0.15, 0.2) is 48.5 Å². The quantitative estimate of drug-likeness (QED) is 0.828. The molecule has 1 saturated heterocycles. The van der Waals surface area contributed by atoms with Gasteiger partial charge in [-0.2, -0.15) is 0 Å². The molecule has 0 saturated carbocycles. The van der Waals surface area contributed by atoms with E-state index in [-0.39, 0.29) is 17.8 Å². The molecule has 0 aliphatic carbocycles. The molecule has 1 amide bonds. The lowest BCUT2D eigenvalue weighted by Gasteiger charge is -2.25. The lowest BCUT2D eigenvalue weighted by Crippen LogP contribution is -2.39. The van der Waals surface area contributed by atoms with Crippen molar-refractivity contribution in [2.45, 2.75) is 18.9 Å². The molecule has 1 aliphatic rings. The smallest absolute Gasteiger partial charge is 0.254 e. The molecule has 5 heteroatoms. The third kappa shape index (κ3) is 4.62. The number of nitrogens with zero attached hydrogens (tertiary/aromatic N) is 1. The summed E-state index contributed by atoms with van der Waals surface area (Å²) >= 11 is 0. The molecule has 1 atom stereocenters. The van der Waals surface area contributed by atoms with Crippen LogP contribution in [0.4, 0.5) is 0 Å². The third-order valence-corrected chi connectivity index (χ3v) is 4.61. The molecule has 0 aromatic heterocycles. The lowest BCUT2D eigenvalue weighted by molar-refractivity contribution is 0.0456. The van der Waals surface area contributed by atoms with E-state index in [0.717, 1.165) is 30.6 Å². The average Bonchev–Trinajstić information content (AvgIpc) is 3.18. The Morgan fingerprint density at radius 3 is 2.73 bits per heavy atom. The van der Waals surface area contributed by atoms with E-state index in [0.29, 0.717) is 25.3 Å². The Kier molecular flexibility index (Phi) is 6.26. The van der Waals surface area contributed by atoms with Crippen LogP contribution in [-0.4, -0.2) is 55.4 Å². The topological polar surface area (TPSA) is 59.0 Å². The highest BCUT2D eigenvalue weighted by Gasteiger charge is 2.23. The van der Waals surface area contributed by atoms with Crippen LogP contribution in [-0.2, 0) is 9.47 Å². The van der Waals surface area contributed by atoms with Crippen molar-refractivity contribution in [3.05, 3.63) is 54.1 Å². The second-order valence-corrected chi connectivity index (χ2v) is 6.51. The van der Waals surface area contributed by atoms with Gasteiger partial charge in [-0.1, -0.05) is 24.3 Å². The van der Waals surface area contributed by atoms with Crippen LogP contribution in [0.3, 0.4) is 0 Å². The molecule has 1 fully saturated rings. The van der Waals surface area contributed by atoms with Gasteiger partial charge in [-0.25, -0.2) is 0 Å². The average molecular weight is 355 g/mol. The van der Waals surface area contributed by atoms with Gasteiger partial charge in [-0.05, 0) is 48.2 Å². The molecule has 1 heterocycles. The van der Waals surface area contributed by atoms with Crippen LogP contribution in [0.2, 0.25) is 0 Å². The highest BCUT2D eigenvalue weighted by molar-refractivity contribution is 5.95. The Hall–Kier alpha value is -2.37. The maximum Gasteiger partial charge on any atom is 0.254 e. The summed E-state index contributed by atoms with van der Waals surface area (Å²) in [7, 11) is 1.64. The number of carbonyl (C=O) groups is 1. The van der Waals surface area contributed by atoms with Crippen molar-refractivity contribution in [2.75, 3.05) is 33.4 Å². The van der Waals surface area contributed by atoms with Crippen LogP contribution < -0.4 is 0 Å². The van der Waals surface area contributed by atoms with Gasteiger partial charge in [-0.3, -0.25) is 4.79 Å². The summed E-state index contributed by atoms with van der Waals surface area (Å²) in [5.41, 5.74) is 2.55. The van der Waals surface area contributed by atoms with Crippen molar-refractivity contribution in [1.29, 1.82) is 0 Å². The van der Waals surface area contributed by atoms with Crippen molar-refractivity contribution in [1.82, 2.24) is 4.90 Å². The van der Waals surface area contributed by atoms with Crippen molar-refractivity contribution in [2.24, 2.45) is 0 Å². The number of hydrogen-bond acceptors (Lipinski definition) is 4. The molecule has 0 spiro atoms. The summed E-state index contributed by atoms with van der Waals surface area (Å²) in [6.07, 6.45) is 2.15. The van der Waals surface area contributed by atoms with Gasteiger partial charge in [0.1, 0.15) is 5.75 Å². The van der Waals surface area contributed by atoms with Crippen LogP contribution in [0.25, 0.3) is 11.1 Å². The van der Waals surface area contributed by atoms with Gasteiger partial charge in [0.2, 0.25) is 0 Å². The van der Waals surface area contributed by atoms with E-state index >= 15 is 0 Å². The Bertz CT molecular complexity index is 723. The molecule has 138 valence electrons. The molecule has 3 rings (SSSR count). The molecule has 2 aromatic carbocycles. The Balaban J connectivity index is 1.79. The minimum Gasteiger partial charge on any atom is -0.508 e. The zero-order valence-corrected chi connectivity index (χ0v) is 15.1. The summed E-state index contributed by atoms with van der Waals surface area (Å²) in [5, 5.41) is 9.45. The van der Waals surface area contributed by atoms with Gasteiger partial charge in [0.05, 0.1) is 12.7 Å². The van der Waals surface area contributed by atoms with Crippen LogP contribution in [0, 0.1) is 0 Å². The van der Waals surface area contributed by atoms with E-state index in [1.807, 2.05) is 41.3 Å². The fraction of sp³-hybridized carbons (Fsp3) is 0.381. The first-order valence-corrected chi connectivity index (χ1v) is 8.96.